The number of amides is 1. The van der Waals surface area contributed by atoms with Gasteiger partial charge in [0.1, 0.15) is 12.6 Å². The second-order valence-electron chi connectivity index (χ2n) is 7.06. The van der Waals surface area contributed by atoms with E-state index in [1.54, 1.807) is 42.7 Å². The summed E-state index contributed by atoms with van der Waals surface area (Å²) in [6, 6.07) is 8.20. The molecule has 5 nitrogen and oxygen atoms in total. The summed E-state index contributed by atoms with van der Waals surface area (Å²) >= 11 is 0. The van der Waals surface area contributed by atoms with Crippen LogP contribution < -0.4 is 10.6 Å². The lowest BCUT2D eigenvalue weighted by atomic mass is 9.97. The van der Waals surface area contributed by atoms with Gasteiger partial charge in [-0.15, -0.1) is 0 Å². The third-order valence-electron chi connectivity index (χ3n) is 4.29. The second-order valence-corrected chi connectivity index (χ2v) is 7.06. The zero-order valence-electron chi connectivity index (χ0n) is 16.2. The molecule has 2 rings (SSSR count). The molecule has 0 saturated carbocycles. The van der Waals surface area contributed by atoms with Crippen LogP contribution in [-0.2, 0) is 4.79 Å². The molecule has 0 aliphatic carbocycles. The molecule has 2 atom stereocenters. The fourth-order valence-electron chi connectivity index (χ4n) is 3.00. The minimum atomic E-state index is -4.61. The molecule has 0 fully saturated rings. The number of nitrogens with one attached hydrogen (secondary N) is 2. The Morgan fingerprint density at radius 1 is 1.17 bits per heavy atom. The predicted molar refractivity (Wildman–Crippen MR) is 103 cm³/mol. The molecule has 8 heteroatoms. The summed E-state index contributed by atoms with van der Waals surface area (Å²) in [5.74, 6) is -0.642. The Kier molecular flexibility index (Phi) is 7.74. The van der Waals surface area contributed by atoms with Crippen molar-refractivity contribution >= 4 is 5.91 Å². The normalized spacial score (nSPS) is 13.6. The Hall–Kier alpha value is -2.92. The molecule has 1 aromatic heterocycles. The van der Waals surface area contributed by atoms with Crippen LogP contribution >= 0.6 is 0 Å². The van der Waals surface area contributed by atoms with Gasteiger partial charge in [-0.3, -0.25) is 15.1 Å². The van der Waals surface area contributed by atoms with Crippen LogP contribution in [0.3, 0.4) is 0 Å². The summed E-state index contributed by atoms with van der Waals surface area (Å²) in [5.41, 5.74) is 1.37. The Balaban J connectivity index is 2.36. The predicted octanol–water partition coefficient (Wildman–Crippen LogP) is 4.00. The lowest BCUT2D eigenvalue weighted by Gasteiger charge is -2.28. The number of aromatic nitrogens is 1. The number of halogens is 3. The van der Waals surface area contributed by atoms with Gasteiger partial charge in [0.15, 0.2) is 0 Å². The quantitative estimate of drug-likeness (QED) is 0.652. The molecule has 29 heavy (non-hydrogen) atoms. The highest BCUT2D eigenvalue weighted by molar-refractivity contribution is 5.82. The van der Waals surface area contributed by atoms with Crippen molar-refractivity contribution in [1.29, 1.82) is 5.26 Å². The first-order valence-corrected chi connectivity index (χ1v) is 9.20. The molecule has 0 saturated heterocycles. The highest BCUT2D eigenvalue weighted by atomic mass is 19.4. The standard InChI is InChI=1S/C21H23F3N4O/c1-14(2)12-18(20(29)27-11-8-25)28-19(21(22,23)24)17-5-3-4-16(13-17)15-6-9-26-10-7-15/h3-7,9-10,13-14,18-19,28H,11-12H2,1-2H3,(H,27,29). The highest BCUT2D eigenvalue weighted by Gasteiger charge is 2.43. The third-order valence-corrected chi connectivity index (χ3v) is 4.29. The minimum Gasteiger partial charge on any atom is -0.342 e. The molecule has 1 amide bonds. The fourth-order valence-corrected chi connectivity index (χ4v) is 3.00. The van der Waals surface area contributed by atoms with E-state index in [4.69, 9.17) is 5.26 Å². The van der Waals surface area contributed by atoms with Gasteiger partial charge in [0.25, 0.3) is 0 Å². The molecule has 2 N–H and O–H groups in total. The van der Waals surface area contributed by atoms with Gasteiger partial charge in [0, 0.05) is 12.4 Å². The number of nitriles is 1. The lowest BCUT2D eigenvalue weighted by molar-refractivity contribution is -0.161. The summed E-state index contributed by atoms with van der Waals surface area (Å²) in [5, 5.41) is 13.5. The maximum absolute atomic E-state index is 13.9. The number of nitrogens with zero attached hydrogens (tertiary/aromatic N) is 2. The molecular formula is C21H23F3N4O. The van der Waals surface area contributed by atoms with Gasteiger partial charge < -0.3 is 5.32 Å². The highest BCUT2D eigenvalue weighted by Crippen LogP contribution is 2.35. The van der Waals surface area contributed by atoms with Gasteiger partial charge in [-0.1, -0.05) is 32.0 Å². The average molecular weight is 404 g/mol. The maximum Gasteiger partial charge on any atom is 0.407 e. The largest absolute Gasteiger partial charge is 0.407 e. The Morgan fingerprint density at radius 3 is 2.45 bits per heavy atom. The van der Waals surface area contributed by atoms with E-state index in [0.29, 0.717) is 5.56 Å². The van der Waals surface area contributed by atoms with Crippen molar-refractivity contribution in [2.24, 2.45) is 5.92 Å². The first kappa shape index (κ1) is 22.4. The SMILES string of the molecule is CC(C)CC(NC(c1cccc(-c2ccncc2)c1)C(F)(F)F)C(=O)NCC#N. The molecule has 0 radical (unpaired) electrons. The van der Waals surface area contributed by atoms with Crippen LogP contribution in [0.4, 0.5) is 13.2 Å². The van der Waals surface area contributed by atoms with Crippen LogP contribution in [0.5, 0.6) is 0 Å². The van der Waals surface area contributed by atoms with Crippen molar-refractivity contribution in [1.82, 2.24) is 15.6 Å². The number of hydrogen-bond acceptors (Lipinski definition) is 4. The summed E-state index contributed by atoms with van der Waals surface area (Å²) in [6.45, 7) is 3.38. The van der Waals surface area contributed by atoms with Crippen LogP contribution in [0.15, 0.2) is 48.8 Å². The van der Waals surface area contributed by atoms with E-state index in [-0.39, 0.29) is 24.4 Å². The van der Waals surface area contributed by atoms with E-state index in [1.165, 1.54) is 12.1 Å². The van der Waals surface area contributed by atoms with E-state index in [2.05, 4.69) is 15.6 Å². The van der Waals surface area contributed by atoms with Crippen LogP contribution in [0.25, 0.3) is 11.1 Å². The first-order chi connectivity index (χ1) is 13.7. The van der Waals surface area contributed by atoms with Gasteiger partial charge in [-0.05, 0) is 47.2 Å². The molecule has 2 unspecified atom stereocenters. The van der Waals surface area contributed by atoms with Gasteiger partial charge in [0.05, 0.1) is 12.1 Å². The van der Waals surface area contributed by atoms with Crippen LogP contribution in [0, 0.1) is 17.2 Å². The Labute approximate surface area is 168 Å². The molecule has 0 bridgehead atoms. The van der Waals surface area contributed by atoms with Crippen molar-refractivity contribution in [3.8, 4) is 17.2 Å². The van der Waals surface area contributed by atoms with Crippen LogP contribution in [0.2, 0.25) is 0 Å². The fraction of sp³-hybridized carbons (Fsp3) is 0.381. The zero-order chi connectivity index (χ0) is 21.4. The summed E-state index contributed by atoms with van der Waals surface area (Å²) in [4.78, 5) is 16.2. The van der Waals surface area contributed by atoms with Gasteiger partial charge in [-0.2, -0.15) is 18.4 Å². The molecule has 154 valence electrons. The van der Waals surface area contributed by atoms with Crippen molar-refractivity contribution in [3.63, 3.8) is 0 Å². The Bertz CT molecular complexity index is 847. The monoisotopic (exact) mass is 404 g/mol. The van der Waals surface area contributed by atoms with E-state index in [0.717, 1.165) is 5.56 Å². The number of carbonyl (C=O) groups is 1. The number of alkyl halides is 3. The van der Waals surface area contributed by atoms with Crippen molar-refractivity contribution in [2.75, 3.05) is 6.54 Å². The van der Waals surface area contributed by atoms with Gasteiger partial charge >= 0.3 is 6.18 Å². The maximum atomic E-state index is 13.9. The minimum absolute atomic E-state index is 0.00801. The Morgan fingerprint density at radius 2 is 1.86 bits per heavy atom. The number of hydrogen-bond donors (Lipinski definition) is 2. The van der Waals surface area contributed by atoms with E-state index in [9.17, 15) is 18.0 Å². The molecule has 0 spiro atoms. The number of benzene rings is 1. The average Bonchev–Trinajstić information content (AvgIpc) is 2.68. The molecule has 0 aliphatic heterocycles. The number of carbonyl (C=O) groups excluding carboxylic acids is 1. The van der Waals surface area contributed by atoms with Crippen LogP contribution in [0.1, 0.15) is 31.9 Å². The summed E-state index contributed by atoms with van der Waals surface area (Å²) in [6.07, 6.45) is -1.27. The lowest BCUT2D eigenvalue weighted by Crippen LogP contribution is -2.49. The van der Waals surface area contributed by atoms with E-state index in [1.807, 2.05) is 13.8 Å². The van der Waals surface area contributed by atoms with E-state index < -0.39 is 24.2 Å². The molecule has 0 aliphatic rings. The number of rotatable bonds is 8. The topological polar surface area (TPSA) is 77.8 Å². The van der Waals surface area contributed by atoms with E-state index >= 15 is 0 Å². The molecule has 1 heterocycles. The summed E-state index contributed by atoms with van der Waals surface area (Å²) in [7, 11) is 0. The zero-order valence-corrected chi connectivity index (χ0v) is 16.2. The molecule has 2 aromatic rings. The molecular weight excluding hydrogens is 381 g/mol. The van der Waals surface area contributed by atoms with Crippen molar-refractivity contribution in [3.05, 3.63) is 54.4 Å². The molecule has 1 aromatic carbocycles. The van der Waals surface area contributed by atoms with Crippen molar-refractivity contribution < 1.29 is 18.0 Å². The number of pyridine rings is 1. The summed E-state index contributed by atoms with van der Waals surface area (Å²) < 4.78 is 41.7. The second kappa shape index (κ2) is 10.0. The van der Waals surface area contributed by atoms with Gasteiger partial charge in [-0.25, -0.2) is 0 Å². The van der Waals surface area contributed by atoms with Gasteiger partial charge in [0.2, 0.25) is 5.91 Å². The smallest absolute Gasteiger partial charge is 0.342 e. The first-order valence-electron chi connectivity index (χ1n) is 9.20. The third kappa shape index (κ3) is 6.57. The van der Waals surface area contributed by atoms with Crippen molar-refractivity contribution in [2.45, 2.75) is 38.5 Å². The van der Waals surface area contributed by atoms with Crippen LogP contribution in [-0.4, -0.2) is 29.7 Å².